The summed E-state index contributed by atoms with van der Waals surface area (Å²) >= 11 is 1.44. The van der Waals surface area contributed by atoms with Gasteiger partial charge < -0.3 is 10.2 Å². The molecule has 2 aromatic rings. The Morgan fingerprint density at radius 2 is 2.26 bits per heavy atom. The van der Waals surface area contributed by atoms with E-state index in [1.165, 1.54) is 11.3 Å². The molecule has 0 unspecified atom stereocenters. The largest absolute Gasteiger partial charge is 0.363 e. The molecule has 100 valence electrons. The minimum absolute atomic E-state index is 0.0862. The van der Waals surface area contributed by atoms with Crippen LogP contribution in [0.4, 0.5) is 5.82 Å². The zero-order chi connectivity index (χ0) is 13.8. The van der Waals surface area contributed by atoms with Crippen LogP contribution in [0.2, 0.25) is 0 Å². The molecule has 1 amide bonds. The third kappa shape index (κ3) is 3.51. The van der Waals surface area contributed by atoms with Gasteiger partial charge in [-0.15, -0.1) is 11.3 Å². The van der Waals surface area contributed by atoms with Gasteiger partial charge >= 0.3 is 0 Å². The first-order chi connectivity index (χ1) is 9.06. The van der Waals surface area contributed by atoms with Gasteiger partial charge in [0.25, 0.3) is 5.91 Å². The summed E-state index contributed by atoms with van der Waals surface area (Å²) in [5.41, 5.74) is 1.10. The molecule has 0 atom stereocenters. The quantitative estimate of drug-likeness (QED) is 0.925. The van der Waals surface area contributed by atoms with Crippen LogP contribution in [0.15, 0.2) is 23.7 Å². The van der Waals surface area contributed by atoms with Crippen LogP contribution in [-0.4, -0.2) is 30.0 Å². The van der Waals surface area contributed by atoms with Crippen molar-refractivity contribution in [1.82, 2.24) is 15.3 Å². The molecular formula is C13H16N4OS. The number of aryl methyl sites for hydroxylation is 1. The first-order valence-electron chi connectivity index (χ1n) is 5.89. The molecule has 0 saturated heterocycles. The van der Waals surface area contributed by atoms with Gasteiger partial charge in [-0.05, 0) is 30.0 Å². The Balaban J connectivity index is 1.99. The lowest BCUT2D eigenvalue weighted by Gasteiger charge is -2.11. The minimum Gasteiger partial charge on any atom is -0.363 e. The van der Waals surface area contributed by atoms with Crippen LogP contribution in [0.1, 0.15) is 21.1 Å². The fourth-order valence-electron chi connectivity index (χ4n) is 1.52. The number of rotatable bonds is 4. The molecule has 0 bridgehead atoms. The summed E-state index contributed by atoms with van der Waals surface area (Å²) < 4.78 is 0. The Labute approximate surface area is 116 Å². The standard InChI is InChI=1S/C13H16N4OS/c1-9-6-10(19-8-9)13(18)15-7-11-14-5-4-12(16-11)17(2)3/h4-6,8H,7H2,1-3H3,(H,15,18). The molecule has 0 aromatic carbocycles. The fourth-order valence-corrected chi connectivity index (χ4v) is 2.33. The topological polar surface area (TPSA) is 58.1 Å². The molecule has 0 fully saturated rings. The van der Waals surface area contributed by atoms with Crippen LogP contribution < -0.4 is 10.2 Å². The number of amides is 1. The summed E-state index contributed by atoms with van der Waals surface area (Å²) in [6, 6.07) is 3.70. The summed E-state index contributed by atoms with van der Waals surface area (Å²) in [5.74, 6) is 1.34. The molecule has 1 N–H and O–H groups in total. The van der Waals surface area contributed by atoms with E-state index in [2.05, 4.69) is 15.3 Å². The van der Waals surface area contributed by atoms with Gasteiger partial charge in [-0.2, -0.15) is 0 Å². The Kier molecular flexibility index (Phi) is 4.11. The average molecular weight is 276 g/mol. The van der Waals surface area contributed by atoms with Gasteiger partial charge in [-0.25, -0.2) is 9.97 Å². The summed E-state index contributed by atoms with van der Waals surface area (Å²) in [5, 5.41) is 4.78. The first kappa shape index (κ1) is 13.5. The maximum atomic E-state index is 11.9. The highest BCUT2D eigenvalue weighted by Gasteiger charge is 2.08. The number of hydrogen-bond acceptors (Lipinski definition) is 5. The molecule has 5 nitrogen and oxygen atoms in total. The maximum absolute atomic E-state index is 11.9. The Morgan fingerprint density at radius 1 is 1.47 bits per heavy atom. The van der Waals surface area contributed by atoms with Crippen molar-refractivity contribution < 1.29 is 4.79 Å². The number of carbonyl (C=O) groups is 1. The van der Waals surface area contributed by atoms with Crippen LogP contribution in [0, 0.1) is 6.92 Å². The maximum Gasteiger partial charge on any atom is 0.261 e. The smallest absolute Gasteiger partial charge is 0.261 e. The SMILES string of the molecule is Cc1csc(C(=O)NCc2nccc(N(C)C)n2)c1. The van der Waals surface area contributed by atoms with E-state index in [4.69, 9.17) is 0 Å². The van der Waals surface area contributed by atoms with E-state index in [0.29, 0.717) is 17.2 Å². The Morgan fingerprint density at radius 3 is 2.89 bits per heavy atom. The van der Waals surface area contributed by atoms with Gasteiger partial charge in [0.05, 0.1) is 11.4 Å². The number of thiophene rings is 1. The van der Waals surface area contributed by atoms with E-state index in [9.17, 15) is 4.79 Å². The van der Waals surface area contributed by atoms with Gasteiger partial charge in [-0.3, -0.25) is 4.79 Å². The van der Waals surface area contributed by atoms with E-state index < -0.39 is 0 Å². The number of carbonyl (C=O) groups excluding carboxylic acids is 1. The molecular weight excluding hydrogens is 260 g/mol. The van der Waals surface area contributed by atoms with Gasteiger partial charge in [-0.1, -0.05) is 0 Å². The summed E-state index contributed by atoms with van der Waals surface area (Å²) in [4.78, 5) is 23.0. The number of aromatic nitrogens is 2. The molecule has 0 aliphatic rings. The minimum atomic E-state index is -0.0862. The first-order valence-corrected chi connectivity index (χ1v) is 6.77. The van der Waals surface area contributed by atoms with Crippen LogP contribution in [0.5, 0.6) is 0 Å². The number of hydrogen-bond donors (Lipinski definition) is 1. The molecule has 2 aromatic heterocycles. The summed E-state index contributed by atoms with van der Waals surface area (Å²) in [6.45, 7) is 2.30. The number of anilines is 1. The Hall–Kier alpha value is -1.95. The molecule has 6 heteroatoms. The second-order valence-electron chi connectivity index (χ2n) is 4.40. The van der Waals surface area contributed by atoms with Crippen molar-refractivity contribution in [1.29, 1.82) is 0 Å². The highest BCUT2D eigenvalue weighted by molar-refractivity contribution is 7.12. The van der Waals surface area contributed by atoms with E-state index in [1.54, 1.807) is 6.20 Å². The number of nitrogens with one attached hydrogen (secondary N) is 1. The molecule has 0 saturated carbocycles. The lowest BCUT2D eigenvalue weighted by Crippen LogP contribution is -2.23. The van der Waals surface area contributed by atoms with Crippen molar-refractivity contribution in [2.24, 2.45) is 0 Å². The van der Waals surface area contributed by atoms with Gasteiger partial charge in [0, 0.05) is 20.3 Å². The zero-order valence-electron chi connectivity index (χ0n) is 11.2. The predicted octanol–water partition coefficient (Wildman–Crippen LogP) is 1.84. The molecule has 0 radical (unpaired) electrons. The average Bonchev–Trinajstić information content (AvgIpc) is 2.83. The third-order valence-corrected chi connectivity index (χ3v) is 3.56. The van der Waals surface area contributed by atoms with E-state index in [1.807, 2.05) is 43.4 Å². The molecule has 2 rings (SSSR count). The lowest BCUT2D eigenvalue weighted by molar-refractivity contribution is 0.0954. The molecule has 0 aliphatic heterocycles. The van der Waals surface area contributed by atoms with Gasteiger partial charge in [0.1, 0.15) is 11.6 Å². The van der Waals surface area contributed by atoms with Crippen LogP contribution in [-0.2, 0) is 6.54 Å². The van der Waals surface area contributed by atoms with Crippen molar-refractivity contribution >= 4 is 23.1 Å². The highest BCUT2D eigenvalue weighted by atomic mass is 32.1. The second kappa shape index (κ2) is 5.79. The molecule has 0 spiro atoms. The van der Waals surface area contributed by atoms with Gasteiger partial charge in [0.15, 0.2) is 0 Å². The fraction of sp³-hybridized carbons (Fsp3) is 0.308. The van der Waals surface area contributed by atoms with E-state index in [0.717, 1.165) is 11.4 Å². The number of nitrogens with zero attached hydrogens (tertiary/aromatic N) is 3. The van der Waals surface area contributed by atoms with Crippen LogP contribution in [0.25, 0.3) is 0 Å². The lowest BCUT2D eigenvalue weighted by atomic mass is 10.3. The van der Waals surface area contributed by atoms with Crippen molar-refractivity contribution in [3.8, 4) is 0 Å². The zero-order valence-corrected chi connectivity index (χ0v) is 12.0. The van der Waals surface area contributed by atoms with Crippen molar-refractivity contribution in [3.05, 3.63) is 40.0 Å². The van der Waals surface area contributed by atoms with E-state index in [-0.39, 0.29) is 5.91 Å². The summed E-state index contributed by atoms with van der Waals surface area (Å²) in [6.07, 6.45) is 1.69. The monoisotopic (exact) mass is 276 g/mol. The van der Waals surface area contributed by atoms with Gasteiger partial charge in [0.2, 0.25) is 0 Å². The van der Waals surface area contributed by atoms with Crippen LogP contribution in [0.3, 0.4) is 0 Å². The van der Waals surface area contributed by atoms with E-state index >= 15 is 0 Å². The molecule has 2 heterocycles. The molecule has 19 heavy (non-hydrogen) atoms. The van der Waals surface area contributed by atoms with Crippen molar-refractivity contribution in [2.75, 3.05) is 19.0 Å². The highest BCUT2D eigenvalue weighted by Crippen LogP contribution is 2.13. The van der Waals surface area contributed by atoms with Crippen molar-refractivity contribution in [2.45, 2.75) is 13.5 Å². The third-order valence-electron chi connectivity index (χ3n) is 2.51. The van der Waals surface area contributed by atoms with Crippen molar-refractivity contribution in [3.63, 3.8) is 0 Å². The predicted molar refractivity (Wildman–Crippen MR) is 76.6 cm³/mol. The summed E-state index contributed by atoms with van der Waals surface area (Å²) in [7, 11) is 3.83. The molecule has 0 aliphatic carbocycles. The second-order valence-corrected chi connectivity index (χ2v) is 5.31. The van der Waals surface area contributed by atoms with Crippen LogP contribution >= 0.6 is 11.3 Å². The normalized spacial score (nSPS) is 10.3. The Bertz CT molecular complexity index is 580.